The van der Waals surface area contributed by atoms with Crippen LogP contribution in [-0.4, -0.2) is 66.8 Å². The van der Waals surface area contributed by atoms with Crippen LogP contribution in [0.3, 0.4) is 0 Å². The second-order valence-electron chi connectivity index (χ2n) is 5.59. The molecule has 1 unspecified atom stereocenters. The summed E-state index contributed by atoms with van der Waals surface area (Å²) in [4.78, 5) is 12.7. The molecule has 0 radical (unpaired) electrons. The SMILES string of the molecule is CCC(C)n1nccc1S(=O)(=O)N1CC(OC(=O)N(C)C)C1. The molecule has 0 spiro atoms. The van der Waals surface area contributed by atoms with Crippen molar-refractivity contribution in [3.05, 3.63) is 12.3 Å². The maximum absolute atomic E-state index is 12.6. The number of carbonyl (C=O) groups excluding carboxylic acids is 1. The van der Waals surface area contributed by atoms with Crippen molar-refractivity contribution in [3.63, 3.8) is 0 Å². The number of nitrogens with zero attached hydrogens (tertiary/aromatic N) is 4. The Balaban J connectivity index is 2.05. The summed E-state index contributed by atoms with van der Waals surface area (Å²) in [6.07, 6.45) is 1.41. The number of hydrogen-bond donors (Lipinski definition) is 0. The van der Waals surface area contributed by atoms with E-state index in [1.54, 1.807) is 14.1 Å². The molecule has 8 nitrogen and oxygen atoms in total. The van der Waals surface area contributed by atoms with Crippen LogP contribution in [0.5, 0.6) is 0 Å². The number of carbonyl (C=O) groups is 1. The summed E-state index contributed by atoms with van der Waals surface area (Å²) in [5.74, 6) is 0. The van der Waals surface area contributed by atoms with Crippen molar-refractivity contribution in [1.29, 1.82) is 0 Å². The second kappa shape index (κ2) is 6.25. The molecule has 0 N–H and O–H groups in total. The average molecular weight is 330 g/mol. The topological polar surface area (TPSA) is 84.7 Å². The van der Waals surface area contributed by atoms with Gasteiger partial charge in [0.25, 0.3) is 10.0 Å². The average Bonchev–Trinajstić information content (AvgIpc) is 2.90. The lowest BCUT2D eigenvalue weighted by molar-refractivity contribution is 0.0133. The molecule has 0 aliphatic carbocycles. The summed E-state index contributed by atoms with van der Waals surface area (Å²) in [7, 11) is -0.438. The van der Waals surface area contributed by atoms with Gasteiger partial charge in [0, 0.05) is 14.1 Å². The van der Waals surface area contributed by atoms with Crippen LogP contribution in [0.15, 0.2) is 17.3 Å². The molecule has 1 aromatic rings. The minimum atomic E-state index is -3.60. The Morgan fingerprint density at radius 3 is 2.68 bits per heavy atom. The van der Waals surface area contributed by atoms with Gasteiger partial charge in [-0.3, -0.25) is 4.68 Å². The molecule has 0 bridgehead atoms. The van der Waals surface area contributed by atoms with E-state index < -0.39 is 22.2 Å². The van der Waals surface area contributed by atoms with Crippen molar-refractivity contribution in [1.82, 2.24) is 19.0 Å². The van der Waals surface area contributed by atoms with Gasteiger partial charge in [0.05, 0.1) is 25.3 Å². The summed E-state index contributed by atoms with van der Waals surface area (Å²) in [5.41, 5.74) is 0. The first-order valence-corrected chi connectivity index (χ1v) is 8.63. The molecule has 1 saturated heterocycles. The molecule has 2 rings (SSSR count). The molecule has 1 aromatic heterocycles. The summed E-state index contributed by atoms with van der Waals surface area (Å²) in [5, 5.41) is 4.28. The maximum Gasteiger partial charge on any atom is 0.409 e. The highest BCUT2D eigenvalue weighted by Crippen LogP contribution is 2.25. The zero-order chi connectivity index (χ0) is 16.5. The summed E-state index contributed by atoms with van der Waals surface area (Å²) >= 11 is 0. The fourth-order valence-electron chi connectivity index (χ4n) is 2.06. The molecule has 9 heteroatoms. The highest BCUT2D eigenvalue weighted by atomic mass is 32.2. The van der Waals surface area contributed by atoms with E-state index in [1.807, 2.05) is 13.8 Å². The van der Waals surface area contributed by atoms with Crippen LogP contribution in [0.2, 0.25) is 0 Å². The summed E-state index contributed by atoms with van der Waals surface area (Å²) in [6.45, 7) is 4.24. The standard InChI is InChI=1S/C13H22N4O4S/c1-5-10(2)17-12(6-7-14-17)22(19,20)16-8-11(9-16)21-13(18)15(3)4/h6-7,10-11H,5,8-9H2,1-4H3. The number of amides is 1. The number of rotatable bonds is 5. The Bertz CT molecular complexity index is 634. The quantitative estimate of drug-likeness (QED) is 0.801. The van der Waals surface area contributed by atoms with E-state index in [0.29, 0.717) is 0 Å². The first-order valence-electron chi connectivity index (χ1n) is 7.19. The third kappa shape index (κ3) is 3.09. The molecule has 1 amide bonds. The Morgan fingerprint density at radius 2 is 2.14 bits per heavy atom. The normalized spacial score (nSPS) is 17.8. The molecule has 22 heavy (non-hydrogen) atoms. The fourth-order valence-corrected chi connectivity index (χ4v) is 3.75. The van der Waals surface area contributed by atoms with Crippen LogP contribution in [-0.2, 0) is 14.8 Å². The van der Waals surface area contributed by atoms with Crippen LogP contribution >= 0.6 is 0 Å². The molecule has 1 aliphatic rings. The third-order valence-electron chi connectivity index (χ3n) is 3.69. The maximum atomic E-state index is 12.6. The molecular weight excluding hydrogens is 308 g/mol. The van der Waals surface area contributed by atoms with E-state index in [2.05, 4.69) is 5.10 Å². The number of ether oxygens (including phenoxy) is 1. The van der Waals surface area contributed by atoms with E-state index in [4.69, 9.17) is 4.74 Å². The van der Waals surface area contributed by atoms with Crippen molar-refractivity contribution in [2.45, 2.75) is 37.4 Å². The predicted octanol–water partition coefficient (Wildman–Crippen LogP) is 0.925. The molecule has 0 saturated carbocycles. The Morgan fingerprint density at radius 1 is 1.50 bits per heavy atom. The molecule has 124 valence electrons. The summed E-state index contributed by atoms with van der Waals surface area (Å²) < 4.78 is 33.2. The lowest BCUT2D eigenvalue weighted by Gasteiger charge is -2.37. The van der Waals surface area contributed by atoms with Gasteiger partial charge in [0.2, 0.25) is 0 Å². The Hall–Kier alpha value is -1.61. The molecule has 0 aromatic carbocycles. The van der Waals surface area contributed by atoms with Crippen LogP contribution < -0.4 is 0 Å². The molecule has 1 atom stereocenters. The first kappa shape index (κ1) is 16.8. The Labute approximate surface area is 130 Å². The largest absolute Gasteiger partial charge is 0.443 e. The van der Waals surface area contributed by atoms with E-state index >= 15 is 0 Å². The second-order valence-corrected chi connectivity index (χ2v) is 7.48. The highest BCUT2D eigenvalue weighted by Gasteiger charge is 2.40. The van der Waals surface area contributed by atoms with E-state index in [9.17, 15) is 13.2 Å². The van der Waals surface area contributed by atoms with E-state index in [1.165, 1.54) is 26.2 Å². The monoisotopic (exact) mass is 330 g/mol. The van der Waals surface area contributed by atoms with Crippen LogP contribution in [0.4, 0.5) is 4.79 Å². The lowest BCUT2D eigenvalue weighted by atomic mass is 10.2. The van der Waals surface area contributed by atoms with Crippen molar-refractivity contribution >= 4 is 16.1 Å². The molecule has 2 heterocycles. The molecule has 1 aliphatic heterocycles. The van der Waals surface area contributed by atoms with Gasteiger partial charge in [-0.15, -0.1) is 0 Å². The zero-order valence-corrected chi connectivity index (χ0v) is 14.1. The van der Waals surface area contributed by atoms with Gasteiger partial charge in [0.1, 0.15) is 6.10 Å². The summed E-state index contributed by atoms with van der Waals surface area (Å²) in [6, 6.07) is 1.50. The van der Waals surface area contributed by atoms with Gasteiger partial charge in [-0.05, 0) is 19.4 Å². The molecular formula is C13H22N4O4S. The van der Waals surface area contributed by atoms with Gasteiger partial charge in [-0.25, -0.2) is 13.2 Å². The minimum absolute atomic E-state index is 0.00316. The van der Waals surface area contributed by atoms with Gasteiger partial charge in [-0.1, -0.05) is 6.92 Å². The van der Waals surface area contributed by atoms with Crippen molar-refractivity contribution in [2.24, 2.45) is 0 Å². The van der Waals surface area contributed by atoms with Crippen LogP contribution in [0.1, 0.15) is 26.3 Å². The third-order valence-corrected chi connectivity index (χ3v) is 5.52. The van der Waals surface area contributed by atoms with Gasteiger partial charge >= 0.3 is 6.09 Å². The zero-order valence-electron chi connectivity index (χ0n) is 13.3. The highest BCUT2D eigenvalue weighted by molar-refractivity contribution is 7.89. The van der Waals surface area contributed by atoms with Gasteiger partial charge < -0.3 is 9.64 Å². The van der Waals surface area contributed by atoms with E-state index in [-0.39, 0.29) is 24.2 Å². The fraction of sp³-hybridized carbons (Fsp3) is 0.692. The number of aromatic nitrogens is 2. The predicted molar refractivity (Wildman–Crippen MR) is 79.9 cm³/mol. The van der Waals surface area contributed by atoms with Crippen molar-refractivity contribution < 1.29 is 17.9 Å². The van der Waals surface area contributed by atoms with Gasteiger partial charge in [0.15, 0.2) is 5.03 Å². The van der Waals surface area contributed by atoms with Crippen LogP contribution in [0, 0.1) is 0 Å². The van der Waals surface area contributed by atoms with E-state index in [0.717, 1.165) is 6.42 Å². The Kier molecular flexibility index (Phi) is 4.76. The van der Waals surface area contributed by atoms with Crippen LogP contribution in [0.25, 0.3) is 0 Å². The molecule has 1 fully saturated rings. The first-order chi connectivity index (χ1) is 10.3. The number of sulfonamides is 1. The van der Waals surface area contributed by atoms with Crippen molar-refractivity contribution in [2.75, 3.05) is 27.2 Å². The number of hydrogen-bond acceptors (Lipinski definition) is 5. The minimum Gasteiger partial charge on any atom is -0.443 e. The smallest absolute Gasteiger partial charge is 0.409 e. The van der Waals surface area contributed by atoms with Gasteiger partial charge in [-0.2, -0.15) is 9.40 Å². The van der Waals surface area contributed by atoms with Crippen molar-refractivity contribution in [3.8, 4) is 0 Å². The lowest BCUT2D eigenvalue weighted by Crippen LogP contribution is -2.56.